The van der Waals surface area contributed by atoms with Crippen molar-refractivity contribution in [3.8, 4) is 11.3 Å². The van der Waals surface area contributed by atoms with Crippen molar-refractivity contribution in [3.05, 3.63) is 88.5 Å². The van der Waals surface area contributed by atoms with Crippen molar-refractivity contribution < 1.29 is 9.59 Å². The van der Waals surface area contributed by atoms with E-state index < -0.39 is 6.04 Å². The lowest BCUT2D eigenvalue weighted by Gasteiger charge is -2.21. The molecule has 0 saturated heterocycles. The lowest BCUT2D eigenvalue weighted by atomic mass is 10.0. The monoisotopic (exact) mass is 594 g/mol. The first-order chi connectivity index (χ1) is 19.3. The molecule has 0 fully saturated rings. The number of halogens is 1. The van der Waals surface area contributed by atoms with E-state index in [0.29, 0.717) is 39.7 Å². The molecule has 11 heteroatoms. The number of thiazole rings is 1. The zero-order valence-electron chi connectivity index (χ0n) is 22.6. The van der Waals surface area contributed by atoms with Crippen LogP contribution in [-0.4, -0.2) is 37.3 Å². The van der Waals surface area contributed by atoms with Crippen LogP contribution in [0.3, 0.4) is 0 Å². The van der Waals surface area contributed by atoms with Crippen molar-refractivity contribution in [2.24, 2.45) is 5.92 Å². The van der Waals surface area contributed by atoms with E-state index in [4.69, 9.17) is 11.6 Å². The highest BCUT2D eigenvalue weighted by atomic mass is 35.5. The molecule has 0 aliphatic carbocycles. The first-order valence-electron chi connectivity index (χ1n) is 12.8. The number of allylic oxidation sites excluding steroid dienone is 1. The Morgan fingerprint density at radius 2 is 1.85 bits per heavy atom. The maximum absolute atomic E-state index is 13.1. The van der Waals surface area contributed by atoms with Gasteiger partial charge in [-0.25, -0.2) is 4.98 Å². The van der Waals surface area contributed by atoms with Gasteiger partial charge in [0, 0.05) is 17.0 Å². The molecule has 4 aromatic rings. The Kier molecular flexibility index (Phi) is 10.1. The third-order valence-corrected chi connectivity index (χ3v) is 8.10. The molecule has 2 aromatic carbocycles. The summed E-state index contributed by atoms with van der Waals surface area (Å²) in [7, 11) is 0. The summed E-state index contributed by atoms with van der Waals surface area (Å²) < 4.78 is 1.88. The minimum absolute atomic E-state index is 0.120. The summed E-state index contributed by atoms with van der Waals surface area (Å²) >= 11 is 8.97. The number of thioether (sulfide) groups is 1. The van der Waals surface area contributed by atoms with Crippen molar-refractivity contribution in [2.75, 3.05) is 11.1 Å². The van der Waals surface area contributed by atoms with Gasteiger partial charge in [0.05, 0.1) is 28.1 Å². The molecular weight excluding hydrogens is 564 g/mol. The van der Waals surface area contributed by atoms with Crippen molar-refractivity contribution >= 4 is 51.6 Å². The number of benzene rings is 2. The average Bonchev–Trinajstić information content (AvgIpc) is 3.50. The van der Waals surface area contributed by atoms with Crippen LogP contribution in [-0.2, 0) is 11.3 Å². The summed E-state index contributed by atoms with van der Waals surface area (Å²) in [6.45, 7) is 10.4. The summed E-state index contributed by atoms with van der Waals surface area (Å²) in [6.07, 6.45) is 2.38. The number of aryl methyl sites for hydroxylation is 1. The highest BCUT2D eigenvalue weighted by molar-refractivity contribution is 7.99. The number of nitrogens with zero attached hydrogens (tertiary/aromatic N) is 4. The number of hydrogen-bond acceptors (Lipinski definition) is 7. The Balaban J connectivity index is 1.47. The van der Waals surface area contributed by atoms with Crippen LogP contribution in [0.4, 0.5) is 5.13 Å². The number of hydrogen-bond donors (Lipinski definition) is 2. The molecule has 0 radical (unpaired) electrons. The number of carbonyl (C=O) groups excluding carboxylic acids is 2. The van der Waals surface area contributed by atoms with Crippen LogP contribution in [0.15, 0.2) is 72.4 Å². The van der Waals surface area contributed by atoms with Gasteiger partial charge in [0.15, 0.2) is 16.1 Å². The number of aromatic nitrogens is 4. The molecular formula is C29H31ClN6O2S2. The van der Waals surface area contributed by atoms with Gasteiger partial charge >= 0.3 is 0 Å². The molecule has 1 atom stereocenters. The van der Waals surface area contributed by atoms with Crippen LogP contribution in [0.1, 0.15) is 47.4 Å². The SMILES string of the molecule is C=CCn1c(SCC(=O)Nc2nc(-c3ccccc3)c(C)s2)nnc1[C@H](CC(C)C)NC(=O)c1ccccc1Cl. The van der Waals surface area contributed by atoms with Crippen LogP contribution in [0, 0.1) is 12.8 Å². The molecule has 2 amide bonds. The number of nitrogens with one attached hydrogen (secondary N) is 2. The maximum Gasteiger partial charge on any atom is 0.253 e. The van der Waals surface area contributed by atoms with E-state index in [1.807, 2.05) is 41.8 Å². The highest BCUT2D eigenvalue weighted by Gasteiger charge is 2.25. The van der Waals surface area contributed by atoms with Crippen molar-refractivity contribution in [3.63, 3.8) is 0 Å². The molecule has 0 aliphatic heterocycles. The van der Waals surface area contributed by atoms with Crippen molar-refractivity contribution in [1.82, 2.24) is 25.1 Å². The summed E-state index contributed by atoms with van der Waals surface area (Å²) in [5.41, 5.74) is 2.26. The summed E-state index contributed by atoms with van der Waals surface area (Å²) in [5.74, 6) is 0.510. The second-order valence-corrected chi connectivity index (χ2v) is 12.1. The Hall–Kier alpha value is -3.47. The number of rotatable bonds is 12. The second kappa shape index (κ2) is 13.7. The third-order valence-electron chi connectivity index (χ3n) is 5.92. The third kappa shape index (κ3) is 7.38. The fourth-order valence-corrected chi connectivity index (χ4v) is 5.97. The van der Waals surface area contributed by atoms with Gasteiger partial charge < -0.3 is 15.2 Å². The van der Waals surface area contributed by atoms with Crippen LogP contribution in [0.2, 0.25) is 5.02 Å². The topological polar surface area (TPSA) is 102 Å². The van der Waals surface area contributed by atoms with Crippen LogP contribution < -0.4 is 10.6 Å². The lowest BCUT2D eigenvalue weighted by Crippen LogP contribution is -2.32. The molecule has 2 N–H and O–H groups in total. The van der Waals surface area contributed by atoms with Crippen molar-refractivity contribution in [1.29, 1.82) is 0 Å². The fourth-order valence-electron chi connectivity index (χ4n) is 4.15. The number of anilines is 1. The summed E-state index contributed by atoms with van der Waals surface area (Å²) in [4.78, 5) is 31.5. The molecule has 40 heavy (non-hydrogen) atoms. The molecule has 0 spiro atoms. The summed E-state index contributed by atoms with van der Waals surface area (Å²) in [6, 6.07) is 16.4. The Bertz CT molecular complexity index is 1480. The van der Waals surface area contributed by atoms with Crippen LogP contribution in [0.5, 0.6) is 0 Å². The zero-order chi connectivity index (χ0) is 28.6. The van der Waals surface area contributed by atoms with Gasteiger partial charge in [0.2, 0.25) is 5.91 Å². The Morgan fingerprint density at radius 1 is 1.12 bits per heavy atom. The minimum Gasteiger partial charge on any atom is -0.342 e. The van der Waals surface area contributed by atoms with Crippen LogP contribution >= 0.6 is 34.7 Å². The maximum atomic E-state index is 13.1. The van der Waals surface area contributed by atoms with Gasteiger partial charge in [-0.3, -0.25) is 9.59 Å². The van der Waals surface area contributed by atoms with E-state index in [2.05, 4.69) is 46.2 Å². The Labute approximate surface area is 247 Å². The van der Waals surface area contributed by atoms with Gasteiger partial charge in [0.1, 0.15) is 0 Å². The van der Waals surface area contributed by atoms with Gasteiger partial charge in [-0.1, -0.05) is 85.8 Å². The van der Waals surface area contributed by atoms with Gasteiger partial charge in [-0.05, 0) is 31.4 Å². The molecule has 2 aromatic heterocycles. The first kappa shape index (κ1) is 29.5. The second-order valence-electron chi connectivity index (χ2n) is 9.50. The molecule has 8 nitrogen and oxygen atoms in total. The van der Waals surface area contributed by atoms with Gasteiger partial charge in [0.25, 0.3) is 5.91 Å². The molecule has 208 valence electrons. The molecule has 0 unspecified atom stereocenters. The average molecular weight is 595 g/mol. The standard InChI is InChI=1S/C29H31ClN6O2S2/c1-5-15-36-26(23(16-18(2)3)31-27(38)21-13-9-10-14-22(21)30)34-35-29(36)39-17-24(37)32-28-33-25(19(4)40-28)20-11-7-6-8-12-20/h5-14,18,23H,1,15-17H2,2-4H3,(H,31,38)(H,32,33,37)/t23-/m0/s1. The van der Waals surface area contributed by atoms with Gasteiger partial charge in [-0.2, -0.15) is 0 Å². The number of amides is 2. The fraction of sp³-hybridized carbons (Fsp3) is 0.276. The summed E-state index contributed by atoms with van der Waals surface area (Å²) in [5, 5.41) is 16.2. The highest BCUT2D eigenvalue weighted by Crippen LogP contribution is 2.31. The van der Waals surface area contributed by atoms with E-state index >= 15 is 0 Å². The smallest absolute Gasteiger partial charge is 0.253 e. The van der Waals surface area contributed by atoms with E-state index in [-0.39, 0.29) is 23.5 Å². The molecule has 0 aliphatic rings. The molecule has 0 bridgehead atoms. The van der Waals surface area contributed by atoms with E-state index in [1.165, 1.54) is 23.1 Å². The quantitative estimate of drug-likeness (QED) is 0.138. The van der Waals surface area contributed by atoms with Gasteiger partial charge in [-0.15, -0.1) is 28.1 Å². The van der Waals surface area contributed by atoms with E-state index in [9.17, 15) is 9.59 Å². The van der Waals surface area contributed by atoms with E-state index in [1.54, 1.807) is 30.3 Å². The number of carbonyl (C=O) groups is 2. The molecule has 4 rings (SSSR count). The molecule has 0 saturated carbocycles. The van der Waals surface area contributed by atoms with Crippen molar-refractivity contribution in [2.45, 2.75) is 44.9 Å². The Morgan fingerprint density at radius 3 is 2.55 bits per heavy atom. The van der Waals surface area contributed by atoms with Crippen LogP contribution in [0.25, 0.3) is 11.3 Å². The largest absolute Gasteiger partial charge is 0.342 e. The first-order valence-corrected chi connectivity index (χ1v) is 15.0. The normalized spacial score (nSPS) is 11.8. The molecule has 2 heterocycles. The predicted octanol–water partition coefficient (Wildman–Crippen LogP) is 6.80. The zero-order valence-corrected chi connectivity index (χ0v) is 24.9. The predicted molar refractivity (Wildman–Crippen MR) is 163 cm³/mol. The van der Waals surface area contributed by atoms with E-state index in [0.717, 1.165) is 16.1 Å². The minimum atomic E-state index is -0.408. The lowest BCUT2D eigenvalue weighted by molar-refractivity contribution is -0.113.